The standard InChI is InChI=1S/C32H37F2N7O/c1-19-13-20(14-26(36)30(19)42-12-4-10-35)23-7-11-37-18-28(23)39-31-38-17-22-5-6-27(40-41(22)31)29-24(33)15-21(16-25(29)34)32(2)8-3-9-32/h5-6,11,15-20,23,26,30H,3-4,7-9,12-14,36H2,1-2H3,(H,38,39). The van der Waals surface area contributed by atoms with Gasteiger partial charge in [0.25, 0.3) is 0 Å². The van der Waals surface area contributed by atoms with Crippen LogP contribution in [0.3, 0.4) is 0 Å². The number of rotatable bonds is 8. The van der Waals surface area contributed by atoms with Crippen molar-refractivity contribution in [2.45, 2.75) is 76.4 Å². The summed E-state index contributed by atoms with van der Waals surface area (Å²) >= 11 is 0. The number of hydrogen-bond acceptors (Lipinski definition) is 7. The summed E-state index contributed by atoms with van der Waals surface area (Å²) in [4.78, 5) is 8.94. The van der Waals surface area contributed by atoms with Gasteiger partial charge in [0.1, 0.15) is 11.6 Å². The van der Waals surface area contributed by atoms with Crippen LogP contribution in [-0.2, 0) is 10.2 Å². The predicted octanol–water partition coefficient (Wildman–Crippen LogP) is 6.13. The van der Waals surface area contributed by atoms with Crippen molar-refractivity contribution in [1.29, 1.82) is 5.26 Å². The fourth-order valence-electron chi connectivity index (χ4n) is 6.96. The van der Waals surface area contributed by atoms with Crippen molar-refractivity contribution in [2.75, 3.05) is 11.9 Å². The molecule has 1 aliphatic heterocycles. The summed E-state index contributed by atoms with van der Waals surface area (Å²) in [6, 6.07) is 8.30. The molecule has 3 aliphatic rings. The number of nitrogens with two attached hydrogens (primary N) is 1. The van der Waals surface area contributed by atoms with Crippen LogP contribution in [0.4, 0.5) is 14.7 Å². The largest absolute Gasteiger partial charge is 0.375 e. The molecule has 0 spiro atoms. The number of halogens is 2. The normalized spacial score (nSPS) is 26.9. The third-order valence-corrected chi connectivity index (χ3v) is 9.50. The first kappa shape index (κ1) is 28.4. The molecule has 3 heterocycles. The quantitative estimate of drug-likeness (QED) is 0.313. The molecule has 5 unspecified atom stereocenters. The lowest BCUT2D eigenvalue weighted by Gasteiger charge is -2.42. The highest BCUT2D eigenvalue weighted by molar-refractivity contribution is 5.65. The van der Waals surface area contributed by atoms with Crippen LogP contribution in [0.5, 0.6) is 0 Å². The van der Waals surface area contributed by atoms with E-state index in [0.29, 0.717) is 36.0 Å². The number of allylic oxidation sites excluding steroid dienone is 1. The number of benzene rings is 1. The van der Waals surface area contributed by atoms with Crippen molar-refractivity contribution in [3.05, 3.63) is 59.6 Å². The predicted molar refractivity (Wildman–Crippen MR) is 158 cm³/mol. The van der Waals surface area contributed by atoms with Gasteiger partial charge in [-0.15, -0.1) is 0 Å². The lowest BCUT2D eigenvalue weighted by Crippen LogP contribution is -2.48. The Bertz CT molecular complexity index is 1540. The molecule has 2 saturated carbocycles. The maximum Gasteiger partial charge on any atom is 0.228 e. The molecule has 0 saturated heterocycles. The third kappa shape index (κ3) is 5.32. The molecular weight excluding hydrogens is 536 g/mol. The van der Waals surface area contributed by atoms with E-state index in [9.17, 15) is 0 Å². The molecule has 2 aromatic heterocycles. The topological polar surface area (TPSA) is 114 Å². The van der Waals surface area contributed by atoms with Gasteiger partial charge in [-0.2, -0.15) is 14.9 Å². The van der Waals surface area contributed by atoms with Crippen LogP contribution in [0.1, 0.15) is 64.4 Å². The molecule has 0 bridgehead atoms. The van der Waals surface area contributed by atoms with Gasteiger partial charge in [-0.3, -0.25) is 4.99 Å². The Hall–Kier alpha value is -3.68. The van der Waals surface area contributed by atoms with Crippen molar-refractivity contribution in [1.82, 2.24) is 14.6 Å². The molecule has 220 valence electrons. The lowest BCUT2D eigenvalue weighted by molar-refractivity contribution is -0.0330. The van der Waals surface area contributed by atoms with E-state index in [1.54, 1.807) is 22.8 Å². The van der Waals surface area contributed by atoms with Gasteiger partial charge < -0.3 is 15.8 Å². The van der Waals surface area contributed by atoms with Gasteiger partial charge in [-0.1, -0.05) is 20.3 Å². The fraction of sp³-hybridized carbons (Fsp3) is 0.500. The Balaban J connectivity index is 1.23. The molecule has 10 heteroatoms. The van der Waals surface area contributed by atoms with Crippen molar-refractivity contribution in [2.24, 2.45) is 28.5 Å². The minimum Gasteiger partial charge on any atom is -0.375 e. The average molecular weight is 574 g/mol. The van der Waals surface area contributed by atoms with Crippen molar-refractivity contribution in [3.63, 3.8) is 0 Å². The van der Waals surface area contributed by atoms with Crippen molar-refractivity contribution in [3.8, 4) is 17.3 Å². The Kier molecular flexibility index (Phi) is 7.81. The number of ether oxygens (including phenoxy) is 1. The van der Waals surface area contributed by atoms with E-state index >= 15 is 8.78 Å². The van der Waals surface area contributed by atoms with Crippen molar-refractivity contribution >= 4 is 17.7 Å². The summed E-state index contributed by atoms with van der Waals surface area (Å²) in [5, 5.41) is 16.9. The van der Waals surface area contributed by atoms with Crippen LogP contribution in [0.2, 0.25) is 0 Å². The molecule has 0 radical (unpaired) electrons. The minimum absolute atomic E-state index is 0.0717. The zero-order valence-electron chi connectivity index (χ0n) is 24.1. The van der Waals surface area contributed by atoms with E-state index in [0.717, 1.165) is 44.2 Å². The highest BCUT2D eigenvalue weighted by Gasteiger charge is 2.39. The number of nitrogens with zero attached hydrogens (tertiary/aromatic N) is 5. The molecule has 5 atom stereocenters. The SMILES string of the molecule is CC1CC(C2CC=NC=C2Nc2ncc3ccc(-c4c(F)cc(C5(C)CCC5)cc4F)nn23)CC(N)C1OCCC#N. The number of anilines is 1. The Morgan fingerprint density at radius 1 is 1.21 bits per heavy atom. The lowest BCUT2D eigenvalue weighted by atomic mass is 9.66. The zero-order chi connectivity index (χ0) is 29.4. The molecule has 3 aromatic rings. The number of aliphatic imine (C=N–C) groups is 1. The summed E-state index contributed by atoms with van der Waals surface area (Å²) in [6.07, 6.45) is 11.1. The maximum absolute atomic E-state index is 15.3. The number of hydrogen-bond donors (Lipinski definition) is 2. The second-order valence-electron chi connectivity index (χ2n) is 12.4. The van der Waals surface area contributed by atoms with Crippen LogP contribution in [-0.4, -0.2) is 39.6 Å². The van der Waals surface area contributed by atoms with E-state index < -0.39 is 11.6 Å². The Labute approximate surface area is 244 Å². The minimum atomic E-state index is -0.610. The summed E-state index contributed by atoms with van der Waals surface area (Å²) in [6.45, 7) is 4.60. The summed E-state index contributed by atoms with van der Waals surface area (Å²) in [5.41, 5.74) is 8.77. The Morgan fingerprint density at radius 3 is 2.69 bits per heavy atom. The molecule has 42 heavy (non-hydrogen) atoms. The number of aromatic nitrogens is 3. The second-order valence-corrected chi connectivity index (χ2v) is 12.4. The summed E-state index contributed by atoms with van der Waals surface area (Å²) < 4.78 is 38.2. The van der Waals surface area contributed by atoms with Gasteiger partial charge in [0, 0.05) is 30.1 Å². The maximum atomic E-state index is 15.3. The first-order valence-electron chi connectivity index (χ1n) is 14.8. The highest BCUT2D eigenvalue weighted by Crippen LogP contribution is 2.45. The molecule has 8 nitrogen and oxygen atoms in total. The van der Waals surface area contributed by atoms with Crippen LogP contribution in [0.25, 0.3) is 16.8 Å². The number of nitrogens with one attached hydrogen (secondary N) is 1. The van der Waals surface area contributed by atoms with Gasteiger partial charge >= 0.3 is 0 Å². The first-order valence-corrected chi connectivity index (χ1v) is 14.8. The summed E-state index contributed by atoms with van der Waals surface area (Å²) in [5.74, 6) is -0.0851. The van der Waals surface area contributed by atoms with Crippen molar-refractivity contribution < 1.29 is 13.5 Å². The molecule has 2 fully saturated rings. The second kappa shape index (κ2) is 11.5. The molecule has 2 aliphatic carbocycles. The fourth-order valence-corrected chi connectivity index (χ4v) is 6.96. The zero-order valence-corrected chi connectivity index (χ0v) is 24.1. The molecule has 6 rings (SSSR count). The molecule has 0 amide bonds. The molecular formula is C32H37F2N7O. The number of nitriles is 1. The van der Waals surface area contributed by atoms with Crippen LogP contribution in [0.15, 0.2) is 47.4 Å². The average Bonchev–Trinajstić information content (AvgIpc) is 3.35. The number of imidazole rings is 1. The smallest absolute Gasteiger partial charge is 0.228 e. The van der Waals surface area contributed by atoms with Crippen LogP contribution < -0.4 is 11.1 Å². The first-order chi connectivity index (χ1) is 20.3. The third-order valence-electron chi connectivity index (χ3n) is 9.50. The van der Waals surface area contributed by atoms with E-state index in [-0.39, 0.29) is 40.7 Å². The van der Waals surface area contributed by atoms with Crippen LogP contribution >= 0.6 is 0 Å². The van der Waals surface area contributed by atoms with Gasteiger partial charge in [0.15, 0.2) is 0 Å². The van der Waals surface area contributed by atoms with E-state index in [1.165, 1.54) is 12.1 Å². The van der Waals surface area contributed by atoms with Crippen LogP contribution in [0, 0.1) is 40.7 Å². The number of fused-ring (bicyclic) bond motifs is 1. The van der Waals surface area contributed by atoms with E-state index in [2.05, 4.69) is 40.3 Å². The van der Waals surface area contributed by atoms with Gasteiger partial charge in [-0.25, -0.2) is 13.8 Å². The van der Waals surface area contributed by atoms with Gasteiger partial charge in [-0.05, 0) is 79.2 Å². The molecule has 3 N–H and O–H groups in total. The molecule has 1 aromatic carbocycles. The monoisotopic (exact) mass is 573 g/mol. The highest BCUT2D eigenvalue weighted by atomic mass is 19.1. The summed E-state index contributed by atoms with van der Waals surface area (Å²) in [7, 11) is 0. The van der Waals surface area contributed by atoms with Gasteiger partial charge in [0.2, 0.25) is 5.95 Å². The van der Waals surface area contributed by atoms with Gasteiger partial charge in [0.05, 0.1) is 48.2 Å². The Morgan fingerprint density at radius 2 is 2.00 bits per heavy atom. The van der Waals surface area contributed by atoms with E-state index in [4.69, 9.17) is 15.7 Å². The van der Waals surface area contributed by atoms with E-state index in [1.807, 2.05) is 12.4 Å².